The van der Waals surface area contributed by atoms with E-state index in [2.05, 4.69) is 10.6 Å². The molecular formula is C11H13FN2O4. The van der Waals surface area contributed by atoms with E-state index in [1.54, 1.807) is 0 Å². The summed E-state index contributed by atoms with van der Waals surface area (Å²) in [6, 6.07) is 4.48. The van der Waals surface area contributed by atoms with Crippen LogP contribution >= 0.6 is 0 Å². The minimum atomic E-state index is -2.06. The Hall–Kier alpha value is -2.15. The molecule has 0 bridgehead atoms. The average Bonchev–Trinajstić information content (AvgIpc) is 2.26. The molecule has 1 rings (SSSR count). The van der Waals surface area contributed by atoms with Gasteiger partial charge in [0, 0.05) is 5.69 Å². The molecule has 0 aromatic heterocycles. The molecule has 4 N–H and O–H groups in total. The number of urea groups is 1. The number of hydrogen-bond donors (Lipinski definition) is 4. The van der Waals surface area contributed by atoms with E-state index in [0.29, 0.717) is 0 Å². The number of halogens is 1. The Balaban J connectivity index is 2.50. The Morgan fingerprint density at radius 3 is 2.67 bits per heavy atom. The van der Waals surface area contributed by atoms with Crippen LogP contribution in [-0.2, 0) is 4.79 Å². The summed E-state index contributed by atoms with van der Waals surface area (Å²) in [4.78, 5) is 21.9. The van der Waals surface area contributed by atoms with E-state index in [9.17, 15) is 19.1 Å². The lowest BCUT2D eigenvalue weighted by atomic mass is 10.1. The van der Waals surface area contributed by atoms with Crippen LogP contribution in [0, 0.1) is 5.82 Å². The molecular weight excluding hydrogens is 243 g/mol. The maximum absolute atomic E-state index is 12.8. The Bertz CT molecular complexity index is 462. The van der Waals surface area contributed by atoms with Gasteiger partial charge in [0.15, 0.2) is 5.60 Å². The van der Waals surface area contributed by atoms with Crippen molar-refractivity contribution in [3.8, 4) is 0 Å². The zero-order valence-corrected chi connectivity index (χ0v) is 9.61. The first kappa shape index (κ1) is 13.9. The molecule has 0 saturated carbocycles. The molecule has 18 heavy (non-hydrogen) atoms. The Kier molecular flexibility index (Phi) is 4.22. The number of carboxylic acid groups (broad SMARTS) is 1. The lowest BCUT2D eigenvalue weighted by Gasteiger charge is -2.18. The molecule has 0 heterocycles. The lowest BCUT2D eigenvalue weighted by molar-refractivity contribution is -0.155. The van der Waals surface area contributed by atoms with Gasteiger partial charge in [-0.3, -0.25) is 0 Å². The summed E-state index contributed by atoms with van der Waals surface area (Å²) < 4.78 is 12.8. The van der Waals surface area contributed by atoms with Gasteiger partial charge in [-0.15, -0.1) is 0 Å². The number of amides is 2. The van der Waals surface area contributed by atoms with E-state index in [1.165, 1.54) is 18.2 Å². The molecule has 0 fully saturated rings. The smallest absolute Gasteiger partial charge is 0.337 e. The van der Waals surface area contributed by atoms with Gasteiger partial charge in [-0.25, -0.2) is 14.0 Å². The number of aliphatic hydroxyl groups is 1. The second-order valence-electron chi connectivity index (χ2n) is 3.90. The van der Waals surface area contributed by atoms with E-state index < -0.39 is 30.0 Å². The van der Waals surface area contributed by atoms with E-state index in [0.717, 1.165) is 13.0 Å². The molecule has 1 aromatic rings. The van der Waals surface area contributed by atoms with Crippen molar-refractivity contribution in [2.75, 3.05) is 11.9 Å². The maximum Gasteiger partial charge on any atom is 0.337 e. The fraction of sp³-hybridized carbons (Fsp3) is 0.273. The number of carbonyl (C=O) groups is 2. The molecule has 7 heteroatoms. The fourth-order valence-corrected chi connectivity index (χ4v) is 1.07. The average molecular weight is 256 g/mol. The van der Waals surface area contributed by atoms with E-state index >= 15 is 0 Å². The van der Waals surface area contributed by atoms with Gasteiger partial charge in [-0.1, -0.05) is 6.07 Å². The fourth-order valence-electron chi connectivity index (χ4n) is 1.07. The minimum absolute atomic E-state index is 0.225. The first-order chi connectivity index (χ1) is 8.31. The molecule has 0 radical (unpaired) electrons. The third kappa shape index (κ3) is 4.02. The van der Waals surface area contributed by atoms with Crippen molar-refractivity contribution in [3.05, 3.63) is 30.1 Å². The van der Waals surface area contributed by atoms with Gasteiger partial charge in [-0.2, -0.15) is 0 Å². The number of hydrogen-bond acceptors (Lipinski definition) is 3. The number of benzene rings is 1. The van der Waals surface area contributed by atoms with E-state index in [-0.39, 0.29) is 5.69 Å². The molecule has 0 saturated heterocycles. The highest BCUT2D eigenvalue weighted by molar-refractivity contribution is 5.89. The predicted octanol–water partition coefficient (Wildman–Crippen LogP) is 0.783. The number of carboxylic acids is 1. The molecule has 6 nitrogen and oxygen atoms in total. The first-order valence-electron chi connectivity index (χ1n) is 5.07. The predicted molar refractivity (Wildman–Crippen MR) is 61.7 cm³/mol. The van der Waals surface area contributed by atoms with Gasteiger partial charge in [0.2, 0.25) is 0 Å². The third-order valence-corrected chi connectivity index (χ3v) is 2.14. The Morgan fingerprint density at radius 2 is 2.11 bits per heavy atom. The van der Waals surface area contributed by atoms with Gasteiger partial charge in [0.25, 0.3) is 0 Å². The first-order valence-corrected chi connectivity index (χ1v) is 5.07. The van der Waals surface area contributed by atoms with Crippen LogP contribution in [0.1, 0.15) is 6.92 Å². The number of nitrogens with one attached hydrogen (secondary N) is 2. The Morgan fingerprint density at radius 1 is 1.44 bits per heavy atom. The molecule has 0 aliphatic heterocycles. The topological polar surface area (TPSA) is 98.7 Å². The van der Waals surface area contributed by atoms with Gasteiger partial charge in [0.1, 0.15) is 5.82 Å². The van der Waals surface area contributed by atoms with Gasteiger partial charge in [0.05, 0.1) is 6.54 Å². The summed E-state index contributed by atoms with van der Waals surface area (Å²) >= 11 is 0. The molecule has 1 atom stereocenters. The number of aliphatic carboxylic acids is 1. The van der Waals surface area contributed by atoms with E-state index in [4.69, 9.17) is 5.11 Å². The van der Waals surface area contributed by atoms with Crippen molar-refractivity contribution in [1.82, 2.24) is 5.32 Å². The monoisotopic (exact) mass is 256 g/mol. The minimum Gasteiger partial charge on any atom is -0.479 e. The molecule has 0 aliphatic rings. The quantitative estimate of drug-likeness (QED) is 0.639. The summed E-state index contributed by atoms with van der Waals surface area (Å²) in [7, 11) is 0. The zero-order chi connectivity index (χ0) is 13.8. The lowest BCUT2D eigenvalue weighted by Crippen LogP contribution is -2.47. The summed E-state index contributed by atoms with van der Waals surface area (Å²) in [6.45, 7) is 0.585. The summed E-state index contributed by atoms with van der Waals surface area (Å²) in [5.74, 6) is -1.96. The van der Waals surface area contributed by atoms with Crippen LogP contribution in [0.2, 0.25) is 0 Å². The number of rotatable bonds is 4. The van der Waals surface area contributed by atoms with Crippen LogP contribution in [0.4, 0.5) is 14.9 Å². The number of anilines is 1. The third-order valence-electron chi connectivity index (χ3n) is 2.14. The molecule has 1 aromatic carbocycles. The van der Waals surface area contributed by atoms with Gasteiger partial charge < -0.3 is 20.8 Å². The van der Waals surface area contributed by atoms with Crippen molar-refractivity contribution in [2.45, 2.75) is 12.5 Å². The van der Waals surface area contributed by atoms with Crippen molar-refractivity contribution in [3.63, 3.8) is 0 Å². The molecule has 0 aliphatic carbocycles. The summed E-state index contributed by atoms with van der Waals surface area (Å²) in [5, 5.41) is 22.4. The van der Waals surface area contributed by atoms with Crippen LogP contribution in [0.15, 0.2) is 24.3 Å². The van der Waals surface area contributed by atoms with Crippen LogP contribution in [0.5, 0.6) is 0 Å². The highest BCUT2D eigenvalue weighted by atomic mass is 19.1. The molecule has 2 amide bonds. The molecule has 0 spiro atoms. The molecule has 1 unspecified atom stereocenters. The normalized spacial score (nSPS) is 13.5. The second-order valence-corrected chi connectivity index (χ2v) is 3.90. The van der Waals surface area contributed by atoms with Gasteiger partial charge >= 0.3 is 12.0 Å². The highest BCUT2D eigenvalue weighted by Gasteiger charge is 2.30. The van der Waals surface area contributed by atoms with Crippen molar-refractivity contribution >= 4 is 17.7 Å². The van der Waals surface area contributed by atoms with Gasteiger partial charge in [-0.05, 0) is 25.1 Å². The second kappa shape index (κ2) is 5.46. The molecule has 98 valence electrons. The summed E-state index contributed by atoms with van der Waals surface area (Å²) in [5.41, 5.74) is -1.83. The standard InChI is InChI=1S/C11H13FN2O4/c1-11(18,9(15)16)6-13-10(17)14-8-4-2-3-7(12)5-8/h2-5,18H,6H2,1H3,(H,15,16)(H2,13,14,17). The van der Waals surface area contributed by atoms with Crippen LogP contribution in [0.3, 0.4) is 0 Å². The van der Waals surface area contributed by atoms with Crippen LogP contribution in [-0.4, -0.2) is 34.4 Å². The summed E-state index contributed by atoms with van der Waals surface area (Å²) in [6.07, 6.45) is 0. The largest absolute Gasteiger partial charge is 0.479 e. The SMILES string of the molecule is CC(O)(CNC(=O)Nc1cccc(F)c1)C(=O)O. The van der Waals surface area contributed by atoms with E-state index in [1.807, 2.05) is 0 Å². The van der Waals surface area contributed by atoms with Crippen molar-refractivity contribution in [1.29, 1.82) is 0 Å². The van der Waals surface area contributed by atoms with Crippen molar-refractivity contribution in [2.24, 2.45) is 0 Å². The number of carbonyl (C=O) groups excluding carboxylic acids is 1. The van der Waals surface area contributed by atoms with Crippen LogP contribution < -0.4 is 10.6 Å². The van der Waals surface area contributed by atoms with Crippen LogP contribution in [0.25, 0.3) is 0 Å². The van der Waals surface area contributed by atoms with Crippen molar-refractivity contribution < 1.29 is 24.2 Å². The Labute approximate surface area is 102 Å². The maximum atomic E-state index is 12.8. The zero-order valence-electron chi connectivity index (χ0n) is 9.61. The highest BCUT2D eigenvalue weighted by Crippen LogP contribution is 2.08.